The Morgan fingerprint density at radius 2 is 1.00 bits per heavy atom. The van der Waals surface area contributed by atoms with Gasteiger partial charge in [0.2, 0.25) is 0 Å². The van der Waals surface area contributed by atoms with E-state index in [1.54, 1.807) is 0 Å². The highest BCUT2D eigenvalue weighted by Gasteiger charge is 2.23. The van der Waals surface area contributed by atoms with E-state index in [1.807, 2.05) is 0 Å². The maximum Gasteiger partial charge on any atom is 0.395 e. The highest BCUT2D eigenvalue weighted by molar-refractivity contribution is 9.12. The Labute approximate surface area is 63.6 Å². The molecule has 0 aliphatic rings. The molecule has 10 heavy (non-hydrogen) atoms. The van der Waals surface area contributed by atoms with Gasteiger partial charge in [0.05, 0.1) is 0 Å². The van der Waals surface area contributed by atoms with E-state index in [1.165, 1.54) is 0 Å². The monoisotopic (exact) mass is 226 g/mol. The third-order valence-electron chi connectivity index (χ3n) is 0.228. The van der Waals surface area contributed by atoms with E-state index in [2.05, 4.69) is 0 Å². The van der Waals surface area contributed by atoms with Gasteiger partial charge in [0, 0.05) is 20.8 Å². The maximum atomic E-state index is 9.97. The summed E-state index contributed by atoms with van der Waals surface area (Å²) in [5.41, 5.74) is 0. The molecule has 0 saturated carbocycles. The Bertz CT molecular complexity index is 164. The van der Waals surface area contributed by atoms with Gasteiger partial charge in [-0.3, -0.25) is 0 Å². The summed E-state index contributed by atoms with van der Waals surface area (Å²) in [6.07, 6.45) is 0. The molecule has 4 N–H and O–H groups in total. The van der Waals surface area contributed by atoms with Gasteiger partial charge in [-0.1, -0.05) is 0 Å². The average molecular weight is 226 g/mol. The average Bonchev–Trinajstić information content (AvgIpc) is 1.57. The third kappa shape index (κ3) is 9.00. The molecular formula is H4O6P2S2. The lowest BCUT2D eigenvalue weighted by Gasteiger charge is -2.01. The molecule has 10 heteroatoms. The Morgan fingerprint density at radius 3 is 1.10 bits per heavy atom. The van der Waals surface area contributed by atoms with Crippen molar-refractivity contribution in [2.45, 2.75) is 0 Å². The van der Waals surface area contributed by atoms with Crippen LogP contribution in [0.4, 0.5) is 0 Å². The zero-order valence-corrected chi connectivity index (χ0v) is 7.74. The molecule has 0 aliphatic heterocycles. The summed E-state index contributed by atoms with van der Waals surface area (Å²) in [5.74, 6) is 0. The highest BCUT2D eigenvalue weighted by atomic mass is 33.5. The summed E-state index contributed by atoms with van der Waals surface area (Å²) in [5, 5.41) is 0. The van der Waals surface area contributed by atoms with E-state index in [0.717, 1.165) is 0 Å². The standard InChI is InChI=1S/H4O6P2S2/c1-7(2,3)9-10-8(4,5)6/h(H2,1,2,3)(H2,4,5,6). The molecule has 0 aromatic carbocycles. The minimum atomic E-state index is -4.37. The maximum absolute atomic E-state index is 9.97. The molecule has 0 rings (SSSR count). The van der Waals surface area contributed by atoms with E-state index in [4.69, 9.17) is 19.6 Å². The van der Waals surface area contributed by atoms with Gasteiger partial charge >= 0.3 is 13.6 Å². The first-order valence-electron chi connectivity index (χ1n) is 1.70. The fourth-order valence-electron chi connectivity index (χ4n) is 0.0868. The summed E-state index contributed by atoms with van der Waals surface area (Å²) in [4.78, 5) is 32.4. The smallest absolute Gasteiger partial charge is 0.316 e. The first kappa shape index (κ1) is 11.0. The predicted octanol–water partition coefficient (Wildman–Crippen LogP) is 0.553. The van der Waals surface area contributed by atoms with Gasteiger partial charge in [-0.25, -0.2) is 9.13 Å². The van der Waals surface area contributed by atoms with Crippen molar-refractivity contribution in [2.75, 3.05) is 0 Å². The van der Waals surface area contributed by atoms with Crippen LogP contribution in [0.2, 0.25) is 0 Å². The van der Waals surface area contributed by atoms with Crippen LogP contribution < -0.4 is 0 Å². The van der Waals surface area contributed by atoms with Gasteiger partial charge in [-0.05, 0) is 0 Å². The fraction of sp³-hybridized carbons (Fsp3) is 0. The molecule has 0 unspecified atom stereocenters. The Hall–Kier alpha value is 1.000. The number of hydrogen-bond donors (Lipinski definition) is 4. The van der Waals surface area contributed by atoms with E-state index in [-0.39, 0.29) is 20.8 Å². The molecular weight excluding hydrogens is 222 g/mol. The molecule has 0 fully saturated rings. The molecule has 0 aromatic heterocycles. The van der Waals surface area contributed by atoms with Crippen molar-refractivity contribution in [2.24, 2.45) is 0 Å². The van der Waals surface area contributed by atoms with Crippen LogP contribution in [0.3, 0.4) is 0 Å². The van der Waals surface area contributed by atoms with Gasteiger partial charge in [0.15, 0.2) is 0 Å². The van der Waals surface area contributed by atoms with E-state index in [9.17, 15) is 9.13 Å². The molecule has 0 atom stereocenters. The van der Waals surface area contributed by atoms with E-state index in [0.29, 0.717) is 0 Å². The minimum Gasteiger partial charge on any atom is -0.316 e. The number of hydrogen-bond acceptors (Lipinski definition) is 4. The van der Waals surface area contributed by atoms with Crippen LogP contribution in [0.15, 0.2) is 0 Å². The topological polar surface area (TPSA) is 115 Å². The molecule has 6 nitrogen and oxygen atoms in total. The van der Waals surface area contributed by atoms with Crippen molar-refractivity contribution in [1.82, 2.24) is 0 Å². The van der Waals surface area contributed by atoms with Crippen LogP contribution in [0.25, 0.3) is 0 Å². The Balaban J connectivity index is 3.79. The summed E-state index contributed by atoms with van der Waals surface area (Å²) in [6, 6.07) is 0. The summed E-state index contributed by atoms with van der Waals surface area (Å²) >= 11 is 0. The third-order valence-corrected chi connectivity index (χ3v) is 7.94. The van der Waals surface area contributed by atoms with Gasteiger partial charge in [0.1, 0.15) is 0 Å². The fourth-order valence-corrected chi connectivity index (χ4v) is 7.03. The molecule has 0 amide bonds. The normalized spacial score (nSPS) is 13.6. The van der Waals surface area contributed by atoms with Gasteiger partial charge < -0.3 is 19.6 Å². The molecule has 0 heterocycles. The van der Waals surface area contributed by atoms with Crippen molar-refractivity contribution in [3.05, 3.63) is 0 Å². The molecule has 62 valence electrons. The van der Waals surface area contributed by atoms with Crippen molar-refractivity contribution in [3.63, 3.8) is 0 Å². The minimum absolute atomic E-state index is 0.139. The molecule has 0 spiro atoms. The summed E-state index contributed by atoms with van der Waals surface area (Å²) in [6.45, 7) is -8.75. The molecule has 0 aliphatic carbocycles. The van der Waals surface area contributed by atoms with Crippen LogP contribution in [0.1, 0.15) is 0 Å². The van der Waals surface area contributed by atoms with Gasteiger partial charge in [-0.15, -0.1) is 0 Å². The first-order valence-corrected chi connectivity index (χ1v) is 8.28. The van der Waals surface area contributed by atoms with Crippen molar-refractivity contribution >= 4 is 34.4 Å². The second-order valence-electron chi connectivity index (χ2n) is 1.13. The zero-order valence-electron chi connectivity index (χ0n) is 4.32. The number of rotatable bonds is 3. The predicted molar refractivity (Wildman–Crippen MR) is 39.3 cm³/mol. The molecule has 0 radical (unpaired) electrons. The molecule has 0 saturated heterocycles. The van der Waals surface area contributed by atoms with Crippen LogP contribution in [0.5, 0.6) is 0 Å². The van der Waals surface area contributed by atoms with E-state index >= 15 is 0 Å². The molecule has 0 aromatic rings. The Morgan fingerprint density at radius 1 is 0.800 bits per heavy atom. The lowest BCUT2D eigenvalue weighted by atomic mass is 15.8. The lowest BCUT2D eigenvalue weighted by molar-refractivity contribution is 0.394. The largest absolute Gasteiger partial charge is 0.395 e. The summed E-state index contributed by atoms with van der Waals surface area (Å²) < 4.78 is 19.9. The van der Waals surface area contributed by atoms with Crippen molar-refractivity contribution in [1.29, 1.82) is 0 Å². The van der Waals surface area contributed by atoms with Crippen molar-refractivity contribution in [3.8, 4) is 0 Å². The zero-order chi connectivity index (χ0) is 8.41. The van der Waals surface area contributed by atoms with Gasteiger partial charge in [-0.2, -0.15) is 0 Å². The van der Waals surface area contributed by atoms with Crippen LogP contribution in [0, 0.1) is 0 Å². The van der Waals surface area contributed by atoms with Crippen LogP contribution in [-0.2, 0) is 9.13 Å². The highest BCUT2D eigenvalue weighted by Crippen LogP contribution is 2.69. The first-order chi connectivity index (χ1) is 4.21. The second-order valence-corrected chi connectivity index (χ2v) is 9.82. The van der Waals surface area contributed by atoms with Crippen molar-refractivity contribution < 1.29 is 28.7 Å². The summed E-state index contributed by atoms with van der Waals surface area (Å²) in [7, 11) is -0.279. The quantitative estimate of drug-likeness (QED) is 0.407. The van der Waals surface area contributed by atoms with Crippen LogP contribution >= 0.6 is 34.4 Å². The van der Waals surface area contributed by atoms with Crippen LogP contribution in [-0.4, -0.2) is 19.6 Å². The van der Waals surface area contributed by atoms with E-state index < -0.39 is 13.6 Å². The SMILES string of the molecule is O=P(O)(O)SSP(=O)(O)O. The molecule has 0 bridgehead atoms. The van der Waals surface area contributed by atoms with Gasteiger partial charge in [0.25, 0.3) is 0 Å². The second kappa shape index (κ2) is 3.60. The lowest BCUT2D eigenvalue weighted by Crippen LogP contribution is -1.67. The Kier molecular flexibility index (Phi) is 3.96.